The van der Waals surface area contributed by atoms with Gasteiger partial charge in [0.05, 0.1) is 27.8 Å². The quantitative estimate of drug-likeness (QED) is 0.289. The van der Waals surface area contributed by atoms with Crippen molar-refractivity contribution in [2.75, 3.05) is 0 Å². The predicted molar refractivity (Wildman–Crippen MR) is 129 cm³/mol. The molecule has 7 nitrogen and oxygen atoms in total. The number of aryl methyl sites for hydroxylation is 1. The van der Waals surface area contributed by atoms with E-state index in [4.69, 9.17) is 16.3 Å². The zero-order valence-corrected chi connectivity index (χ0v) is 18.6. The van der Waals surface area contributed by atoms with Crippen molar-refractivity contribution >= 4 is 28.6 Å². The number of hydrogen-bond donors (Lipinski definition) is 3. The first-order valence-electron chi connectivity index (χ1n) is 10.3. The lowest BCUT2D eigenvalue weighted by atomic mass is 10.1. The number of fused-ring (bicyclic) bond motifs is 1. The minimum absolute atomic E-state index is 0.173. The molecule has 0 aliphatic heterocycles. The lowest BCUT2D eigenvalue weighted by Gasteiger charge is -2.05. The van der Waals surface area contributed by atoms with Gasteiger partial charge in [0.2, 0.25) is 0 Å². The van der Waals surface area contributed by atoms with Gasteiger partial charge in [0, 0.05) is 22.9 Å². The Kier molecular flexibility index (Phi) is 5.50. The molecule has 0 fully saturated rings. The second-order valence-electron chi connectivity index (χ2n) is 7.59. The van der Waals surface area contributed by atoms with E-state index in [1.54, 1.807) is 31.3 Å². The summed E-state index contributed by atoms with van der Waals surface area (Å²) < 4.78 is 5.74. The Morgan fingerprint density at radius 3 is 2.62 bits per heavy atom. The van der Waals surface area contributed by atoms with E-state index in [2.05, 4.69) is 32.0 Å². The highest BCUT2D eigenvalue weighted by Crippen LogP contribution is 2.27. The van der Waals surface area contributed by atoms with Crippen LogP contribution in [0.5, 0.6) is 11.8 Å². The fourth-order valence-electron chi connectivity index (χ4n) is 3.45. The molecule has 0 aliphatic carbocycles. The number of carboxylic acids is 1. The van der Waals surface area contributed by atoms with Crippen LogP contribution < -0.4 is 4.74 Å². The van der Waals surface area contributed by atoms with Crippen LogP contribution in [-0.4, -0.2) is 31.2 Å². The number of rotatable bonds is 4. The topological polar surface area (TPSA) is 104 Å². The number of nitrogens with zero attached hydrogens (tertiary/aromatic N) is 2. The molecule has 0 bridgehead atoms. The summed E-state index contributed by atoms with van der Waals surface area (Å²) in [6.45, 7) is 1.73. The number of halogens is 1. The van der Waals surface area contributed by atoms with Gasteiger partial charge in [-0.2, -0.15) is 10.1 Å². The molecule has 0 amide bonds. The molecule has 0 spiro atoms. The Morgan fingerprint density at radius 1 is 1.06 bits per heavy atom. The highest BCUT2D eigenvalue weighted by molar-refractivity contribution is 6.32. The number of carboxylic acid groups (broad SMARTS) is 1. The summed E-state index contributed by atoms with van der Waals surface area (Å²) in [5.41, 5.74) is 5.69. The predicted octanol–water partition coefficient (Wildman–Crippen LogP) is 5.81. The maximum Gasteiger partial charge on any atom is 0.336 e. The van der Waals surface area contributed by atoms with Crippen molar-refractivity contribution in [3.8, 4) is 34.7 Å². The maximum absolute atomic E-state index is 11.4. The molecule has 8 heteroatoms. The molecule has 5 rings (SSSR count). The molecule has 166 valence electrons. The van der Waals surface area contributed by atoms with Gasteiger partial charge in [-0.15, -0.1) is 0 Å². The minimum Gasteiger partial charge on any atom is -0.478 e. The minimum atomic E-state index is -1.02. The fourth-order valence-corrected chi connectivity index (χ4v) is 3.66. The maximum atomic E-state index is 11.4. The summed E-state index contributed by atoms with van der Waals surface area (Å²) in [5.74, 6) is 5.59. The van der Waals surface area contributed by atoms with Crippen LogP contribution in [0.3, 0.4) is 0 Å². The van der Waals surface area contributed by atoms with Gasteiger partial charge in [-0.25, -0.2) is 4.79 Å². The monoisotopic (exact) mass is 468 g/mol. The number of aromatic amines is 2. The van der Waals surface area contributed by atoms with E-state index in [0.29, 0.717) is 32.9 Å². The van der Waals surface area contributed by atoms with Crippen LogP contribution >= 0.6 is 11.6 Å². The first-order valence-corrected chi connectivity index (χ1v) is 10.7. The molecule has 3 aromatic carbocycles. The van der Waals surface area contributed by atoms with Gasteiger partial charge in [0.25, 0.3) is 6.01 Å². The summed E-state index contributed by atoms with van der Waals surface area (Å²) in [7, 11) is 0. The van der Waals surface area contributed by atoms with Crippen LogP contribution in [0.15, 0.2) is 67.0 Å². The highest BCUT2D eigenvalue weighted by atomic mass is 35.5. The van der Waals surface area contributed by atoms with E-state index in [-0.39, 0.29) is 11.6 Å². The molecule has 0 atom stereocenters. The summed E-state index contributed by atoms with van der Waals surface area (Å²) in [4.78, 5) is 18.8. The van der Waals surface area contributed by atoms with Crippen molar-refractivity contribution in [1.82, 2.24) is 20.2 Å². The number of aromatic nitrogens is 4. The van der Waals surface area contributed by atoms with Gasteiger partial charge in [0.1, 0.15) is 5.75 Å². The molecular weight excluding hydrogens is 452 g/mol. The van der Waals surface area contributed by atoms with Gasteiger partial charge in [-0.1, -0.05) is 41.6 Å². The van der Waals surface area contributed by atoms with Gasteiger partial charge in [0.15, 0.2) is 0 Å². The number of hydrogen-bond acceptors (Lipinski definition) is 4. The van der Waals surface area contributed by atoms with E-state index in [1.165, 1.54) is 6.07 Å². The molecule has 2 heterocycles. The Morgan fingerprint density at radius 2 is 1.88 bits per heavy atom. The molecule has 2 aromatic heterocycles. The van der Waals surface area contributed by atoms with Crippen molar-refractivity contribution in [1.29, 1.82) is 0 Å². The molecule has 3 N–H and O–H groups in total. The van der Waals surface area contributed by atoms with Crippen LogP contribution in [0.4, 0.5) is 0 Å². The first kappa shape index (κ1) is 21.3. The average Bonchev–Trinajstić information content (AvgIpc) is 3.49. The third kappa shape index (κ3) is 4.35. The van der Waals surface area contributed by atoms with Crippen molar-refractivity contribution in [2.45, 2.75) is 6.92 Å². The first-order chi connectivity index (χ1) is 16.5. The van der Waals surface area contributed by atoms with Crippen LogP contribution in [-0.2, 0) is 0 Å². The van der Waals surface area contributed by atoms with Crippen LogP contribution in [0, 0.1) is 18.8 Å². The lowest BCUT2D eigenvalue weighted by molar-refractivity contribution is 0.0695. The Bertz CT molecular complexity index is 1580. The number of nitrogens with one attached hydrogen (secondary N) is 2. The van der Waals surface area contributed by atoms with E-state index in [1.807, 2.05) is 36.5 Å². The molecule has 0 saturated heterocycles. The van der Waals surface area contributed by atoms with Crippen LogP contribution in [0.2, 0.25) is 5.02 Å². The second kappa shape index (κ2) is 8.77. The van der Waals surface area contributed by atoms with Gasteiger partial charge >= 0.3 is 5.97 Å². The van der Waals surface area contributed by atoms with Crippen molar-refractivity contribution in [3.05, 3.63) is 94.3 Å². The Balaban J connectivity index is 1.39. The summed E-state index contributed by atoms with van der Waals surface area (Å²) in [5, 5.41) is 16.5. The van der Waals surface area contributed by atoms with Gasteiger partial charge in [-0.3, -0.25) is 5.10 Å². The van der Waals surface area contributed by atoms with Gasteiger partial charge in [-0.05, 0) is 54.4 Å². The van der Waals surface area contributed by atoms with Crippen LogP contribution in [0.1, 0.15) is 27.0 Å². The van der Waals surface area contributed by atoms with E-state index >= 15 is 0 Å². The van der Waals surface area contributed by atoms with Crippen molar-refractivity contribution in [2.24, 2.45) is 0 Å². The van der Waals surface area contributed by atoms with Crippen molar-refractivity contribution in [3.63, 3.8) is 0 Å². The number of carbonyl (C=O) groups is 1. The number of benzene rings is 3. The summed E-state index contributed by atoms with van der Waals surface area (Å²) in [6, 6.07) is 16.4. The van der Waals surface area contributed by atoms with E-state index < -0.39 is 5.97 Å². The summed E-state index contributed by atoms with van der Waals surface area (Å²) >= 11 is 6.43. The molecular formula is C26H17ClN4O3. The third-order valence-electron chi connectivity index (χ3n) is 5.26. The molecule has 0 saturated carbocycles. The number of H-pyrrole nitrogens is 2. The zero-order valence-electron chi connectivity index (χ0n) is 17.9. The number of ether oxygens (including phenoxy) is 1. The SMILES string of the molecule is Cc1ccc(Oc2nc3cc(Cl)c(C#Cc4ccc(-c5cn[nH]c5)cc4)cc3[nH]2)cc1C(=O)O. The average molecular weight is 469 g/mol. The Hall–Kier alpha value is -4.54. The molecule has 0 unspecified atom stereocenters. The van der Waals surface area contributed by atoms with Gasteiger partial charge < -0.3 is 14.8 Å². The van der Waals surface area contributed by atoms with Crippen LogP contribution in [0.25, 0.3) is 22.2 Å². The smallest absolute Gasteiger partial charge is 0.336 e. The van der Waals surface area contributed by atoms with Crippen molar-refractivity contribution < 1.29 is 14.6 Å². The lowest BCUT2D eigenvalue weighted by Crippen LogP contribution is -2.00. The third-order valence-corrected chi connectivity index (χ3v) is 5.57. The molecule has 0 radical (unpaired) electrons. The summed E-state index contributed by atoms with van der Waals surface area (Å²) in [6.07, 6.45) is 3.60. The Labute approximate surface area is 199 Å². The number of aromatic carboxylic acids is 1. The second-order valence-corrected chi connectivity index (χ2v) is 8.00. The number of imidazole rings is 1. The standard InChI is InChI=1S/C26H17ClN4O3/c1-15-2-9-20(11-21(15)25(32)33)34-26-30-23-10-18(22(27)12-24(23)31-26)8-5-16-3-6-17(7-4-16)19-13-28-29-14-19/h2-4,6-7,9-14H,1H3,(H,28,29)(H,30,31)(H,32,33). The zero-order chi connectivity index (χ0) is 23.7. The molecule has 0 aliphatic rings. The fraction of sp³-hybridized carbons (Fsp3) is 0.0385. The normalized spacial score (nSPS) is 10.6. The van der Waals surface area contributed by atoms with E-state index in [0.717, 1.165) is 16.7 Å². The van der Waals surface area contributed by atoms with E-state index in [9.17, 15) is 9.90 Å². The molecule has 34 heavy (non-hydrogen) atoms. The molecule has 5 aromatic rings. The largest absolute Gasteiger partial charge is 0.478 e. The highest BCUT2D eigenvalue weighted by Gasteiger charge is 2.12.